The van der Waals surface area contributed by atoms with Gasteiger partial charge in [0.1, 0.15) is 5.75 Å². The lowest BCUT2D eigenvalue weighted by Crippen LogP contribution is -2.42. The number of para-hydroxylation sites is 2. The van der Waals surface area contributed by atoms with Crippen molar-refractivity contribution in [2.75, 3.05) is 31.6 Å². The number of amides is 1. The van der Waals surface area contributed by atoms with Crippen LogP contribution in [-0.2, 0) is 4.79 Å². The Hall–Kier alpha value is -1.17. The van der Waals surface area contributed by atoms with E-state index in [9.17, 15) is 4.79 Å². The molecular weight excluding hydrogens is 361 g/mol. The van der Waals surface area contributed by atoms with Crippen molar-refractivity contribution < 1.29 is 9.53 Å². The number of ether oxygens (including phenoxy) is 1. The molecule has 142 valence electrons. The number of carbonyl (C=O) groups excluding carboxylic acids is 1. The molecule has 1 unspecified atom stereocenters. The molecule has 5 nitrogen and oxygen atoms in total. The van der Waals surface area contributed by atoms with Crippen LogP contribution in [-0.4, -0.2) is 38.7 Å². The first kappa shape index (κ1) is 21.9. The number of rotatable bonds is 5. The topological polar surface area (TPSA) is 67.6 Å². The molecule has 0 bridgehead atoms. The van der Waals surface area contributed by atoms with Gasteiger partial charge in [-0.2, -0.15) is 0 Å². The Bertz CT molecular complexity index is 559. The number of hydrogen-bond acceptors (Lipinski definition) is 4. The molecule has 1 aliphatic carbocycles. The van der Waals surface area contributed by atoms with E-state index in [0.29, 0.717) is 12.5 Å². The maximum absolute atomic E-state index is 12.5. The lowest BCUT2D eigenvalue weighted by molar-refractivity contribution is -0.126. The van der Waals surface area contributed by atoms with Crippen molar-refractivity contribution in [2.45, 2.75) is 31.7 Å². The maximum atomic E-state index is 12.5. The third-order valence-corrected chi connectivity index (χ3v) is 5.26. The standard InChI is InChI=1S/C18H27N3O2.2ClH/c1-23-17-8-3-2-7-16(17)21-10-9-14(12-21)20-18(22)15-6-4-5-13(15)11-19;;/h2-3,7-8,13-15H,4-6,9-12,19H2,1H3,(H,20,22);2*1H/t13-,14?,15-;;/m1../s1. The third kappa shape index (κ3) is 4.93. The minimum absolute atomic E-state index is 0. The first-order chi connectivity index (χ1) is 11.2. The molecule has 1 aliphatic heterocycles. The van der Waals surface area contributed by atoms with Crippen molar-refractivity contribution in [1.82, 2.24) is 5.32 Å². The second kappa shape index (κ2) is 10.1. The summed E-state index contributed by atoms with van der Waals surface area (Å²) in [6.45, 7) is 2.40. The highest BCUT2D eigenvalue weighted by molar-refractivity contribution is 5.85. The summed E-state index contributed by atoms with van der Waals surface area (Å²) in [5.41, 5.74) is 6.90. The second-order valence-electron chi connectivity index (χ2n) is 6.65. The zero-order chi connectivity index (χ0) is 16.2. The zero-order valence-electron chi connectivity index (χ0n) is 14.6. The molecule has 1 amide bonds. The second-order valence-corrected chi connectivity index (χ2v) is 6.65. The molecule has 1 saturated carbocycles. The highest BCUT2D eigenvalue weighted by Crippen LogP contribution is 2.32. The fourth-order valence-electron chi connectivity index (χ4n) is 3.96. The molecule has 0 radical (unpaired) electrons. The summed E-state index contributed by atoms with van der Waals surface area (Å²) < 4.78 is 5.44. The molecule has 7 heteroatoms. The molecule has 1 saturated heterocycles. The Morgan fingerprint density at radius 2 is 2.04 bits per heavy atom. The van der Waals surface area contributed by atoms with Gasteiger partial charge in [0.25, 0.3) is 0 Å². The summed E-state index contributed by atoms with van der Waals surface area (Å²) in [5, 5.41) is 3.25. The number of halogens is 2. The van der Waals surface area contributed by atoms with Crippen molar-refractivity contribution >= 4 is 36.4 Å². The number of hydrogen-bond donors (Lipinski definition) is 2. The van der Waals surface area contributed by atoms with Gasteiger partial charge in [-0.15, -0.1) is 24.8 Å². The Morgan fingerprint density at radius 3 is 2.76 bits per heavy atom. The highest BCUT2D eigenvalue weighted by Gasteiger charge is 2.34. The molecular formula is C18H29Cl2N3O2. The molecule has 25 heavy (non-hydrogen) atoms. The van der Waals surface area contributed by atoms with Crippen LogP contribution in [0.1, 0.15) is 25.7 Å². The molecule has 2 fully saturated rings. The molecule has 0 spiro atoms. The number of nitrogens with zero attached hydrogens (tertiary/aromatic N) is 1. The van der Waals surface area contributed by atoms with Gasteiger partial charge in [0.15, 0.2) is 0 Å². The van der Waals surface area contributed by atoms with Crippen molar-refractivity contribution in [3.63, 3.8) is 0 Å². The first-order valence-corrected chi connectivity index (χ1v) is 8.61. The predicted molar refractivity (Wildman–Crippen MR) is 106 cm³/mol. The fourth-order valence-corrected chi connectivity index (χ4v) is 3.96. The van der Waals surface area contributed by atoms with E-state index in [0.717, 1.165) is 50.2 Å². The van der Waals surface area contributed by atoms with Gasteiger partial charge in [-0.3, -0.25) is 4.79 Å². The van der Waals surface area contributed by atoms with E-state index in [2.05, 4.69) is 16.3 Å². The van der Waals surface area contributed by atoms with Crippen LogP contribution < -0.4 is 20.7 Å². The van der Waals surface area contributed by atoms with Crippen LogP contribution in [0.5, 0.6) is 5.75 Å². The number of nitrogens with two attached hydrogens (primary N) is 1. The van der Waals surface area contributed by atoms with E-state index in [1.807, 2.05) is 18.2 Å². The molecule has 1 heterocycles. The van der Waals surface area contributed by atoms with Crippen LogP contribution in [0, 0.1) is 11.8 Å². The van der Waals surface area contributed by atoms with E-state index in [-0.39, 0.29) is 42.7 Å². The summed E-state index contributed by atoms with van der Waals surface area (Å²) in [5.74, 6) is 1.56. The van der Waals surface area contributed by atoms with Gasteiger partial charge >= 0.3 is 0 Å². The minimum atomic E-state index is 0. The largest absolute Gasteiger partial charge is 0.495 e. The average molecular weight is 390 g/mol. The van der Waals surface area contributed by atoms with Gasteiger partial charge < -0.3 is 20.7 Å². The normalized spacial score (nSPS) is 25.0. The smallest absolute Gasteiger partial charge is 0.223 e. The van der Waals surface area contributed by atoms with Gasteiger partial charge in [-0.25, -0.2) is 0 Å². The van der Waals surface area contributed by atoms with Crippen LogP contribution in [0.2, 0.25) is 0 Å². The Morgan fingerprint density at radius 1 is 1.28 bits per heavy atom. The molecule has 3 atom stereocenters. The van der Waals surface area contributed by atoms with E-state index in [4.69, 9.17) is 10.5 Å². The van der Waals surface area contributed by atoms with Gasteiger partial charge in [0.05, 0.1) is 12.8 Å². The number of methoxy groups -OCH3 is 1. The molecule has 1 aromatic rings. The number of anilines is 1. The first-order valence-electron chi connectivity index (χ1n) is 8.61. The van der Waals surface area contributed by atoms with Crippen molar-refractivity contribution in [1.29, 1.82) is 0 Å². The van der Waals surface area contributed by atoms with Crippen LogP contribution in [0.4, 0.5) is 5.69 Å². The quantitative estimate of drug-likeness (QED) is 0.811. The molecule has 2 aliphatic rings. The van der Waals surface area contributed by atoms with Gasteiger partial charge in [0, 0.05) is 25.0 Å². The SMILES string of the molecule is COc1ccccc1N1CCC(NC(=O)[C@@H]2CCC[C@@H]2CN)C1.Cl.Cl. The Labute approximate surface area is 162 Å². The summed E-state index contributed by atoms with van der Waals surface area (Å²) in [4.78, 5) is 14.8. The number of benzene rings is 1. The van der Waals surface area contributed by atoms with E-state index in [1.54, 1.807) is 7.11 Å². The van der Waals surface area contributed by atoms with Gasteiger partial charge in [-0.1, -0.05) is 18.6 Å². The Balaban J connectivity index is 0.00000156. The van der Waals surface area contributed by atoms with Crippen molar-refractivity contribution in [3.8, 4) is 5.75 Å². The van der Waals surface area contributed by atoms with Gasteiger partial charge in [-0.05, 0) is 43.9 Å². The van der Waals surface area contributed by atoms with E-state index < -0.39 is 0 Å². The van der Waals surface area contributed by atoms with E-state index >= 15 is 0 Å². The molecule has 3 N–H and O–H groups in total. The van der Waals surface area contributed by atoms with Crippen LogP contribution in [0.25, 0.3) is 0 Å². The number of carbonyl (C=O) groups is 1. The average Bonchev–Trinajstić information content (AvgIpc) is 3.23. The molecule has 1 aromatic carbocycles. The summed E-state index contributed by atoms with van der Waals surface area (Å²) in [7, 11) is 1.70. The lowest BCUT2D eigenvalue weighted by Gasteiger charge is -2.23. The Kier molecular flexibility index (Phi) is 8.83. The zero-order valence-corrected chi connectivity index (χ0v) is 16.3. The number of nitrogens with one attached hydrogen (secondary N) is 1. The van der Waals surface area contributed by atoms with Crippen molar-refractivity contribution in [3.05, 3.63) is 24.3 Å². The summed E-state index contributed by atoms with van der Waals surface area (Å²) in [6.07, 6.45) is 4.17. The van der Waals surface area contributed by atoms with E-state index in [1.165, 1.54) is 0 Å². The summed E-state index contributed by atoms with van der Waals surface area (Å²) >= 11 is 0. The third-order valence-electron chi connectivity index (χ3n) is 5.26. The van der Waals surface area contributed by atoms with Gasteiger partial charge in [0.2, 0.25) is 5.91 Å². The highest BCUT2D eigenvalue weighted by atomic mass is 35.5. The van der Waals surface area contributed by atoms with Crippen LogP contribution >= 0.6 is 24.8 Å². The van der Waals surface area contributed by atoms with Crippen LogP contribution in [0.3, 0.4) is 0 Å². The maximum Gasteiger partial charge on any atom is 0.223 e. The summed E-state index contributed by atoms with van der Waals surface area (Å²) in [6, 6.07) is 8.26. The minimum Gasteiger partial charge on any atom is -0.495 e. The monoisotopic (exact) mass is 389 g/mol. The molecule has 3 rings (SSSR count). The van der Waals surface area contributed by atoms with Crippen molar-refractivity contribution in [2.24, 2.45) is 17.6 Å². The molecule has 0 aromatic heterocycles. The fraction of sp³-hybridized carbons (Fsp3) is 0.611. The van der Waals surface area contributed by atoms with Crippen LogP contribution in [0.15, 0.2) is 24.3 Å². The predicted octanol–water partition coefficient (Wildman–Crippen LogP) is 2.61. The lowest BCUT2D eigenvalue weighted by atomic mass is 9.95.